The van der Waals surface area contributed by atoms with Gasteiger partial charge in [0.1, 0.15) is 0 Å². The minimum atomic E-state index is -0.666. The van der Waals surface area contributed by atoms with Crippen LogP contribution in [-0.4, -0.2) is 19.3 Å². The lowest BCUT2D eigenvalue weighted by Gasteiger charge is -2.21. The molecule has 13 heavy (non-hydrogen) atoms. The molecule has 1 rings (SSSR count). The summed E-state index contributed by atoms with van der Waals surface area (Å²) in [7, 11) is 1.30. The van der Waals surface area contributed by atoms with Crippen molar-refractivity contribution in [1.29, 1.82) is 0 Å². The van der Waals surface area contributed by atoms with E-state index in [1.807, 2.05) is 0 Å². The fourth-order valence-electron chi connectivity index (χ4n) is 1.39. The molecular formula is C8H16ClNO3. The SMILES string of the molecule is COC(=O)ONC1CCCCC1.Cl. The summed E-state index contributed by atoms with van der Waals surface area (Å²) in [5, 5.41) is 0. The molecule has 1 aliphatic carbocycles. The van der Waals surface area contributed by atoms with E-state index >= 15 is 0 Å². The van der Waals surface area contributed by atoms with Crippen LogP contribution in [0.2, 0.25) is 0 Å². The molecule has 5 heteroatoms. The molecule has 0 aromatic heterocycles. The van der Waals surface area contributed by atoms with Crippen molar-refractivity contribution in [2.75, 3.05) is 7.11 Å². The maximum atomic E-state index is 10.5. The highest BCUT2D eigenvalue weighted by Crippen LogP contribution is 2.17. The summed E-state index contributed by atoms with van der Waals surface area (Å²) in [6, 6.07) is 0.317. The zero-order valence-electron chi connectivity index (χ0n) is 7.75. The topological polar surface area (TPSA) is 47.6 Å². The zero-order valence-corrected chi connectivity index (χ0v) is 8.56. The molecule has 0 aromatic carbocycles. The molecule has 4 nitrogen and oxygen atoms in total. The number of ether oxygens (including phenoxy) is 1. The average Bonchev–Trinajstić information content (AvgIpc) is 2.16. The minimum absolute atomic E-state index is 0. The molecule has 0 aromatic rings. The molecular weight excluding hydrogens is 194 g/mol. The predicted molar refractivity (Wildman–Crippen MR) is 50.7 cm³/mol. The molecule has 1 N–H and O–H groups in total. The number of hydroxylamine groups is 1. The van der Waals surface area contributed by atoms with Crippen LogP contribution in [0, 0.1) is 0 Å². The van der Waals surface area contributed by atoms with Crippen molar-refractivity contribution < 1.29 is 14.4 Å². The first-order valence-corrected chi connectivity index (χ1v) is 4.33. The van der Waals surface area contributed by atoms with Crippen molar-refractivity contribution in [3.8, 4) is 0 Å². The normalized spacial score (nSPS) is 17.3. The molecule has 78 valence electrons. The summed E-state index contributed by atoms with van der Waals surface area (Å²) in [4.78, 5) is 15.2. The number of carbonyl (C=O) groups is 1. The summed E-state index contributed by atoms with van der Waals surface area (Å²) in [5.74, 6) is 0. The van der Waals surface area contributed by atoms with Crippen LogP contribution in [0.5, 0.6) is 0 Å². The van der Waals surface area contributed by atoms with Crippen molar-refractivity contribution in [2.45, 2.75) is 38.1 Å². The van der Waals surface area contributed by atoms with Gasteiger partial charge in [-0.05, 0) is 12.8 Å². The van der Waals surface area contributed by atoms with Crippen LogP contribution in [0.25, 0.3) is 0 Å². The van der Waals surface area contributed by atoms with Crippen LogP contribution in [0.3, 0.4) is 0 Å². The monoisotopic (exact) mass is 209 g/mol. The highest BCUT2D eigenvalue weighted by atomic mass is 35.5. The molecule has 0 unspecified atom stereocenters. The van der Waals surface area contributed by atoms with E-state index in [9.17, 15) is 4.79 Å². The van der Waals surface area contributed by atoms with E-state index in [0.29, 0.717) is 6.04 Å². The predicted octanol–water partition coefficient (Wildman–Crippen LogP) is 2.03. The van der Waals surface area contributed by atoms with E-state index in [0.717, 1.165) is 12.8 Å². The molecule has 1 saturated carbocycles. The van der Waals surface area contributed by atoms with Gasteiger partial charge in [0.2, 0.25) is 0 Å². The van der Waals surface area contributed by atoms with Crippen molar-refractivity contribution in [3.63, 3.8) is 0 Å². The first-order valence-electron chi connectivity index (χ1n) is 4.33. The van der Waals surface area contributed by atoms with Gasteiger partial charge >= 0.3 is 6.16 Å². The van der Waals surface area contributed by atoms with Gasteiger partial charge in [-0.15, -0.1) is 17.9 Å². The second-order valence-corrected chi connectivity index (χ2v) is 3.01. The summed E-state index contributed by atoms with van der Waals surface area (Å²) in [5.41, 5.74) is 2.70. The lowest BCUT2D eigenvalue weighted by molar-refractivity contribution is 0.00943. The third-order valence-electron chi connectivity index (χ3n) is 2.08. The summed E-state index contributed by atoms with van der Waals surface area (Å²) in [6.07, 6.45) is 5.20. The molecule has 0 heterocycles. The second kappa shape index (κ2) is 6.97. The maximum Gasteiger partial charge on any atom is 0.527 e. The number of hydrogen-bond acceptors (Lipinski definition) is 4. The number of methoxy groups -OCH3 is 1. The highest BCUT2D eigenvalue weighted by molar-refractivity contribution is 5.85. The van der Waals surface area contributed by atoms with Gasteiger partial charge in [0.15, 0.2) is 0 Å². The highest BCUT2D eigenvalue weighted by Gasteiger charge is 2.14. The Morgan fingerprint density at radius 2 is 1.92 bits per heavy atom. The van der Waals surface area contributed by atoms with Crippen LogP contribution in [-0.2, 0) is 9.57 Å². The quantitative estimate of drug-likeness (QED) is 0.559. The summed E-state index contributed by atoms with van der Waals surface area (Å²) >= 11 is 0. The molecule has 0 amide bonds. The number of hydrogen-bond donors (Lipinski definition) is 1. The van der Waals surface area contributed by atoms with Gasteiger partial charge in [-0.25, -0.2) is 4.79 Å². The fraction of sp³-hybridized carbons (Fsp3) is 0.875. The Labute approximate surface area is 84.3 Å². The van der Waals surface area contributed by atoms with Crippen LogP contribution in [0.15, 0.2) is 0 Å². The molecule has 0 radical (unpaired) electrons. The van der Waals surface area contributed by atoms with E-state index in [1.54, 1.807) is 0 Å². The van der Waals surface area contributed by atoms with E-state index in [2.05, 4.69) is 15.1 Å². The Morgan fingerprint density at radius 3 is 2.46 bits per heavy atom. The number of nitrogens with one attached hydrogen (secondary N) is 1. The molecule has 0 bridgehead atoms. The first kappa shape index (κ1) is 12.5. The van der Waals surface area contributed by atoms with Gasteiger partial charge in [0.25, 0.3) is 0 Å². The lowest BCUT2D eigenvalue weighted by atomic mass is 9.96. The van der Waals surface area contributed by atoms with Crippen molar-refractivity contribution in [2.24, 2.45) is 0 Å². The second-order valence-electron chi connectivity index (χ2n) is 3.01. The molecule has 0 saturated heterocycles. The third kappa shape index (κ3) is 4.95. The zero-order chi connectivity index (χ0) is 8.81. The molecule has 1 aliphatic rings. The summed E-state index contributed by atoms with van der Waals surface area (Å²) in [6.45, 7) is 0. The van der Waals surface area contributed by atoms with Gasteiger partial charge in [-0.2, -0.15) is 0 Å². The van der Waals surface area contributed by atoms with Gasteiger partial charge in [0, 0.05) is 6.04 Å². The van der Waals surface area contributed by atoms with E-state index < -0.39 is 6.16 Å². The van der Waals surface area contributed by atoms with Crippen LogP contribution in [0.4, 0.5) is 4.79 Å². The van der Waals surface area contributed by atoms with Crippen LogP contribution < -0.4 is 5.48 Å². The smallest absolute Gasteiger partial charge is 0.436 e. The Kier molecular flexibility index (Phi) is 6.72. The Hall–Kier alpha value is -0.480. The molecule has 0 spiro atoms. The van der Waals surface area contributed by atoms with Gasteiger partial charge < -0.3 is 9.57 Å². The largest absolute Gasteiger partial charge is 0.527 e. The van der Waals surface area contributed by atoms with Crippen LogP contribution in [0.1, 0.15) is 32.1 Å². The Morgan fingerprint density at radius 1 is 1.31 bits per heavy atom. The van der Waals surface area contributed by atoms with E-state index in [1.165, 1.54) is 26.4 Å². The first-order chi connectivity index (χ1) is 5.83. The Balaban J connectivity index is 0.00000144. The van der Waals surface area contributed by atoms with Gasteiger partial charge in [-0.1, -0.05) is 19.3 Å². The van der Waals surface area contributed by atoms with Gasteiger partial charge in [-0.3, -0.25) is 0 Å². The summed E-state index contributed by atoms with van der Waals surface area (Å²) < 4.78 is 4.32. The van der Waals surface area contributed by atoms with Crippen molar-refractivity contribution in [1.82, 2.24) is 5.48 Å². The maximum absolute atomic E-state index is 10.5. The standard InChI is InChI=1S/C8H15NO3.ClH/c1-11-8(10)12-9-7-5-3-2-4-6-7;/h7,9H,2-6H2,1H3;1H. The molecule has 1 fully saturated rings. The van der Waals surface area contributed by atoms with E-state index in [4.69, 9.17) is 0 Å². The van der Waals surface area contributed by atoms with Crippen molar-refractivity contribution >= 4 is 18.6 Å². The van der Waals surface area contributed by atoms with E-state index in [-0.39, 0.29) is 12.4 Å². The van der Waals surface area contributed by atoms with Crippen LogP contribution >= 0.6 is 12.4 Å². The molecule has 0 atom stereocenters. The average molecular weight is 210 g/mol. The van der Waals surface area contributed by atoms with Crippen molar-refractivity contribution in [3.05, 3.63) is 0 Å². The Bertz CT molecular complexity index is 148. The fourth-order valence-corrected chi connectivity index (χ4v) is 1.39. The number of rotatable bonds is 2. The third-order valence-corrected chi connectivity index (χ3v) is 2.08. The number of carbonyl (C=O) groups excluding carboxylic acids is 1. The minimum Gasteiger partial charge on any atom is -0.436 e. The number of halogens is 1. The van der Waals surface area contributed by atoms with Gasteiger partial charge in [0.05, 0.1) is 7.11 Å². The lowest BCUT2D eigenvalue weighted by Crippen LogP contribution is -2.33. The molecule has 0 aliphatic heterocycles.